The van der Waals surface area contributed by atoms with Crippen LogP contribution in [0, 0.1) is 0 Å². The number of hydrogen-bond acceptors (Lipinski definition) is 3. The zero-order valence-electron chi connectivity index (χ0n) is 13.5. The lowest BCUT2D eigenvalue weighted by molar-refractivity contribution is -0.137. The fourth-order valence-electron chi connectivity index (χ4n) is 3.64. The lowest BCUT2D eigenvalue weighted by atomic mass is 9.98. The molecule has 2 unspecified atom stereocenters. The summed E-state index contributed by atoms with van der Waals surface area (Å²) >= 11 is 0. The van der Waals surface area contributed by atoms with Gasteiger partial charge in [-0.3, -0.25) is 4.90 Å². The van der Waals surface area contributed by atoms with E-state index in [1.807, 2.05) is 0 Å². The Balaban J connectivity index is 1.76. The fraction of sp³-hybridized carbons (Fsp3) is 0.667. The maximum atomic E-state index is 6.10. The molecule has 1 aromatic rings. The van der Waals surface area contributed by atoms with Gasteiger partial charge in [-0.25, -0.2) is 0 Å². The van der Waals surface area contributed by atoms with Crippen molar-refractivity contribution in [3.8, 4) is 0 Å². The average molecular weight is 288 g/mol. The minimum atomic E-state index is -0.0982. The summed E-state index contributed by atoms with van der Waals surface area (Å²) in [5.41, 5.74) is 8.83. The molecule has 0 aromatic heterocycles. The molecule has 1 aliphatic carbocycles. The summed E-state index contributed by atoms with van der Waals surface area (Å²) in [6, 6.07) is 9.44. The van der Waals surface area contributed by atoms with Gasteiger partial charge in [-0.15, -0.1) is 0 Å². The zero-order chi connectivity index (χ0) is 15.0. The van der Waals surface area contributed by atoms with Crippen molar-refractivity contribution in [2.75, 3.05) is 19.6 Å². The van der Waals surface area contributed by atoms with Gasteiger partial charge in [0.2, 0.25) is 0 Å². The summed E-state index contributed by atoms with van der Waals surface area (Å²) < 4.78 is 6.01. The summed E-state index contributed by atoms with van der Waals surface area (Å²) in [5, 5.41) is 0. The molecule has 0 amide bonds. The molecule has 21 heavy (non-hydrogen) atoms. The number of nitrogens with zero attached hydrogens (tertiary/aromatic N) is 1. The molecular formula is C18H28N2O. The summed E-state index contributed by atoms with van der Waals surface area (Å²) in [6.07, 6.45) is 2.97. The fourth-order valence-corrected chi connectivity index (χ4v) is 3.64. The molecule has 1 saturated carbocycles. The standard InChI is InChI=1S/C18H28N2O/c1-13-11-20(12-18(2,3)21-13)17(10-19)16-8-6-15(7-9-16)14-4-5-14/h6-9,13-14,17H,4-5,10-12,19H2,1-3H3. The van der Waals surface area contributed by atoms with Crippen LogP contribution in [0.4, 0.5) is 0 Å². The SMILES string of the molecule is CC1CN(C(CN)c2ccc(C3CC3)cc2)CC(C)(C)O1. The molecule has 3 nitrogen and oxygen atoms in total. The van der Waals surface area contributed by atoms with Crippen molar-refractivity contribution in [1.29, 1.82) is 0 Å². The van der Waals surface area contributed by atoms with E-state index in [9.17, 15) is 0 Å². The third-order valence-electron chi connectivity index (χ3n) is 4.63. The van der Waals surface area contributed by atoms with Crippen LogP contribution < -0.4 is 5.73 Å². The van der Waals surface area contributed by atoms with Gasteiger partial charge in [0.1, 0.15) is 0 Å². The molecular weight excluding hydrogens is 260 g/mol. The summed E-state index contributed by atoms with van der Waals surface area (Å²) in [4.78, 5) is 2.49. The first-order valence-electron chi connectivity index (χ1n) is 8.20. The second kappa shape index (κ2) is 5.71. The first kappa shape index (κ1) is 15.0. The smallest absolute Gasteiger partial charge is 0.0757 e. The van der Waals surface area contributed by atoms with Crippen LogP contribution >= 0.6 is 0 Å². The molecule has 0 radical (unpaired) electrons. The summed E-state index contributed by atoms with van der Waals surface area (Å²) in [7, 11) is 0. The van der Waals surface area contributed by atoms with Gasteiger partial charge in [-0.1, -0.05) is 24.3 Å². The van der Waals surface area contributed by atoms with Gasteiger partial charge >= 0.3 is 0 Å². The molecule has 2 fully saturated rings. The van der Waals surface area contributed by atoms with E-state index in [1.165, 1.54) is 24.0 Å². The zero-order valence-corrected chi connectivity index (χ0v) is 13.5. The molecule has 1 aliphatic heterocycles. The van der Waals surface area contributed by atoms with Crippen molar-refractivity contribution in [2.24, 2.45) is 5.73 Å². The predicted molar refractivity (Wildman–Crippen MR) is 86.4 cm³/mol. The van der Waals surface area contributed by atoms with E-state index >= 15 is 0 Å². The van der Waals surface area contributed by atoms with Crippen LogP contribution in [0.1, 0.15) is 56.7 Å². The molecule has 116 valence electrons. The van der Waals surface area contributed by atoms with Crippen molar-refractivity contribution in [3.05, 3.63) is 35.4 Å². The molecule has 0 spiro atoms. The van der Waals surface area contributed by atoms with Crippen LogP contribution in [-0.4, -0.2) is 36.2 Å². The first-order valence-corrected chi connectivity index (χ1v) is 8.20. The minimum absolute atomic E-state index is 0.0982. The number of nitrogens with two attached hydrogens (primary N) is 1. The van der Waals surface area contributed by atoms with Crippen LogP contribution in [0.15, 0.2) is 24.3 Å². The summed E-state index contributed by atoms with van der Waals surface area (Å²) in [6.45, 7) is 9.03. The second-order valence-corrected chi connectivity index (χ2v) is 7.31. The van der Waals surface area contributed by atoms with Gasteiger partial charge in [-0.05, 0) is 50.7 Å². The molecule has 2 aliphatic rings. The minimum Gasteiger partial charge on any atom is -0.370 e. The molecule has 1 saturated heterocycles. The van der Waals surface area contributed by atoms with Crippen molar-refractivity contribution in [2.45, 2.75) is 57.3 Å². The Hall–Kier alpha value is -0.900. The van der Waals surface area contributed by atoms with Crippen molar-refractivity contribution in [1.82, 2.24) is 4.90 Å². The van der Waals surface area contributed by atoms with Crippen LogP contribution in [0.5, 0.6) is 0 Å². The molecule has 3 rings (SSSR count). The van der Waals surface area contributed by atoms with E-state index in [2.05, 4.69) is 49.9 Å². The van der Waals surface area contributed by atoms with Gasteiger partial charge in [0, 0.05) is 25.7 Å². The monoisotopic (exact) mass is 288 g/mol. The number of rotatable bonds is 4. The van der Waals surface area contributed by atoms with Gasteiger partial charge in [-0.2, -0.15) is 0 Å². The topological polar surface area (TPSA) is 38.5 Å². The highest BCUT2D eigenvalue weighted by Gasteiger charge is 2.34. The van der Waals surface area contributed by atoms with E-state index in [0.29, 0.717) is 12.6 Å². The highest BCUT2D eigenvalue weighted by Crippen LogP contribution is 2.40. The Morgan fingerprint density at radius 2 is 1.95 bits per heavy atom. The maximum absolute atomic E-state index is 6.10. The van der Waals surface area contributed by atoms with E-state index in [4.69, 9.17) is 10.5 Å². The number of morpholine rings is 1. The molecule has 2 atom stereocenters. The van der Waals surface area contributed by atoms with Crippen LogP contribution in [0.25, 0.3) is 0 Å². The van der Waals surface area contributed by atoms with Gasteiger partial charge in [0.05, 0.1) is 11.7 Å². The Morgan fingerprint density at radius 3 is 2.48 bits per heavy atom. The molecule has 1 aromatic carbocycles. The average Bonchev–Trinajstić information content (AvgIpc) is 3.22. The van der Waals surface area contributed by atoms with Gasteiger partial charge in [0.15, 0.2) is 0 Å². The third kappa shape index (κ3) is 3.47. The number of benzene rings is 1. The van der Waals surface area contributed by atoms with Crippen LogP contribution in [0.2, 0.25) is 0 Å². The highest BCUT2D eigenvalue weighted by molar-refractivity contribution is 5.30. The van der Waals surface area contributed by atoms with Crippen molar-refractivity contribution >= 4 is 0 Å². The Bertz CT molecular complexity index is 478. The lowest BCUT2D eigenvalue weighted by Gasteiger charge is -2.45. The molecule has 0 bridgehead atoms. The van der Waals surface area contributed by atoms with Crippen molar-refractivity contribution in [3.63, 3.8) is 0 Å². The molecule has 2 N–H and O–H groups in total. The molecule has 1 heterocycles. The first-order chi connectivity index (χ1) is 9.98. The Kier molecular flexibility index (Phi) is 4.08. The highest BCUT2D eigenvalue weighted by atomic mass is 16.5. The van der Waals surface area contributed by atoms with E-state index in [-0.39, 0.29) is 11.7 Å². The van der Waals surface area contributed by atoms with Gasteiger partial charge < -0.3 is 10.5 Å². The Labute approximate surface area is 128 Å². The van der Waals surface area contributed by atoms with Crippen LogP contribution in [-0.2, 0) is 4.74 Å². The quantitative estimate of drug-likeness (QED) is 0.925. The second-order valence-electron chi connectivity index (χ2n) is 7.31. The number of ether oxygens (including phenoxy) is 1. The van der Waals surface area contributed by atoms with Crippen LogP contribution in [0.3, 0.4) is 0 Å². The maximum Gasteiger partial charge on any atom is 0.0757 e. The number of hydrogen-bond donors (Lipinski definition) is 1. The van der Waals surface area contributed by atoms with Crippen molar-refractivity contribution < 1.29 is 4.74 Å². The normalized spacial score (nSPS) is 27.5. The van der Waals surface area contributed by atoms with Gasteiger partial charge in [0.25, 0.3) is 0 Å². The van der Waals surface area contributed by atoms with E-state index < -0.39 is 0 Å². The predicted octanol–water partition coefficient (Wildman–Crippen LogP) is 3.06. The largest absolute Gasteiger partial charge is 0.370 e. The van der Waals surface area contributed by atoms with E-state index in [0.717, 1.165) is 19.0 Å². The summed E-state index contributed by atoms with van der Waals surface area (Å²) in [5.74, 6) is 0.817. The Morgan fingerprint density at radius 1 is 1.29 bits per heavy atom. The lowest BCUT2D eigenvalue weighted by Crippen LogP contribution is -2.53. The third-order valence-corrected chi connectivity index (χ3v) is 4.63. The molecule has 3 heteroatoms. The van der Waals surface area contributed by atoms with E-state index in [1.54, 1.807) is 0 Å².